The zero-order valence-electron chi connectivity index (χ0n) is 13.3. The van der Waals surface area contributed by atoms with Crippen LogP contribution in [0.25, 0.3) is 0 Å². The zero-order chi connectivity index (χ0) is 15.6. The summed E-state index contributed by atoms with van der Waals surface area (Å²) in [6.45, 7) is 10.4. The Hall–Kier alpha value is -1.30. The van der Waals surface area contributed by atoms with Crippen LogP contribution in [0.4, 0.5) is 4.79 Å². The van der Waals surface area contributed by atoms with Crippen LogP contribution in [0, 0.1) is 5.41 Å². The Morgan fingerprint density at radius 3 is 2.52 bits per heavy atom. The number of carboxylic acids is 1. The fourth-order valence-corrected chi connectivity index (χ4v) is 3.42. The summed E-state index contributed by atoms with van der Waals surface area (Å²) >= 11 is 0. The number of likely N-dealkylation sites (tertiary alicyclic amines) is 1. The van der Waals surface area contributed by atoms with E-state index in [1.54, 1.807) is 11.8 Å². The second kappa shape index (κ2) is 6.22. The largest absolute Gasteiger partial charge is 0.481 e. The van der Waals surface area contributed by atoms with Gasteiger partial charge in [-0.25, -0.2) is 4.79 Å². The Morgan fingerprint density at radius 1 is 1.24 bits per heavy atom. The van der Waals surface area contributed by atoms with Crippen molar-refractivity contribution in [3.63, 3.8) is 0 Å². The summed E-state index contributed by atoms with van der Waals surface area (Å²) in [5.41, 5.74) is -0.801. The van der Waals surface area contributed by atoms with E-state index in [-0.39, 0.29) is 6.03 Å². The van der Waals surface area contributed by atoms with E-state index >= 15 is 0 Å². The van der Waals surface area contributed by atoms with Gasteiger partial charge in [0.05, 0.1) is 5.41 Å². The van der Waals surface area contributed by atoms with Crippen LogP contribution < -0.4 is 0 Å². The van der Waals surface area contributed by atoms with Crippen LogP contribution in [0.1, 0.15) is 33.6 Å². The van der Waals surface area contributed by atoms with Crippen LogP contribution >= 0.6 is 0 Å². The summed E-state index contributed by atoms with van der Waals surface area (Å²) in [5, 5.41) is 9.36. The van der Waals surface area contributed by atoms with Gasteiger partial charge in [0.25, 0.3) is 0 Å². The van der Waals surface area contributed by atoms with E-state index in [0.717, 1.165) is 32.6 Å². The third-order valence-corrected chi connectivity index (χ3v) is 4.93. The maximum Gasteiger partial charge on any atom is 0.320 e. The zero-order valence-corrected chi connectivity index (χ0v) is 13.3. The number of hydrogen-bond acceptors (Lipinski definition) is 3. The normalized spacial score (nSPS) is 31.3. The highest BCUT2D eigenvalue weighted by Crippen LogP contribution is 2.30. The minimum absolute atomic E-state index is 0.00442. The van der Waals surface area contributed by atoms with Gasteiger partial charge >= 0.3 is 12.0 Å². The van der Waals surface area contributed by atoms with Gasteiger partial charge in [-0.2, -0.15) is 0 Å². The molecule has 2 amide bonds. The first-order valence-corrected chi connectivity index (χ1v) is 7.88. The molecular weight excluding hydrogens is 270 g/mol. The molecule has 2 saturated heterocycles. The molecule has 1 N–H and O–H groups in total. The lowest BCUT2D eigenvalue weighted by Gasteiger charge is -2.44. The Bertz CT molecular complexity index is 415. The third-order valence-electron chi connectivity index (χ3n) is 4.93. The number of carbonyl (C=O) groups is 2. The van der Waals surface area contributed by atoms with E-state index in [4.69, 9.17) is 0 Å². The Labute approximate surface area is 126 Å². The number of rotatable bonds is 2. The van der Waals surface area contributed by atoms with Crippen molar-refractivity contribution >= 4 is 12.0 Å². The van der Waals surface area contributed by atoms with Gasteiger partial charge in [-0.15, -0.1) is 0 Å². The standard InChI is InChI=1S/C15H27N3O3/c1-4-16-8-9-17(10-12(16)2)14(21)18-7-5-6-15(3,11-18)13(19)20/h12H,4-11H2,1-3H3,(H,19,20). The molecule has 0 radical (unpaired) electrons. The summed E-state index contributed by atoms with van der Waals surface area (Å²) in [4.78, 5) is 30.0. The number of likely N-dealkylation sites (N-methyl/N-ethyl adjacent to an activating group) is 1. The van der Waals surface area contributed by atoms with Crippen LogP contribution in [0.15, 0.2) is 0 Å². The summed E-state index contributed by atoms with van der Waals surface area (Å²) < 4.78 is 0. The van der Waals surface area contributed by atoms with E-state index in [1.807, 2.05) is 4.90 Å². The fourth-order valence-electron chi connectivity index (χ4n) is 3.42. The van der Waals surface area contributed by atoms with Crippen molar-refractivity contribution in [2.75, 3.05) is 39.3 Å². The monoisotopic (exact) mass is 297 g/mol. The van der Waals surface area contributed by atoms with Crippen molar-refractivity contribution < 1.29 is 14.7 Å². The number of piperazine rings is 1. The average Bonchev–Trinajstić information content (AvgIpc) is 2.46. The van der Waals surface area contributed by atoms with Crippen molar-refractivity contribution in [1.29, 1.82) is 0 Å². The third kappa shape index (κ3) is 3.31. The maximum atomic E-state index is 12.6. The maximum absolute atomic E-state index is 12.6. The van der Waals surface area contributed by atoms with E-state index < -0.39 is 11.4 Å². The van der Waals surface area contributed by atoms with Crippen LogP contribution in [0.5, 0.6) is 0 Å². The molecule has 2 rings (SSSR count). The summed E-state index contributed by atoms with van der Waals surface area (Å²) in [6.07, 6.45) is 1.41. The topological polar surface area (TPSA) is 64.1 Å². The van der Waals surface area contributed by atoms with Crippen molar-refractivity contribution in [2.24, 2.45) is 5.41 Å². The van der Waals surface area contributed by atoms with Gasteiger partial charge in [0.2, 0.25) is 0 Å². The van der Waals surface area contributed by atoms with Crippen LogP contribution in [0.2, 0.25) is 0 Å². The van der Waals surface area contributed by atoms with E-state index in [1.165, 1.54) is 0 Å². The summed E-state index contributed by atoms with van der Waals surface area (Å²) in [6, 6.07) is 0.369. The quantitative estimate of drug-likeness (QED) is 0.835. The molecular formula is C15H27N3O3. The summed E-state index contributed by atoms with van der Waals surface area (Å²) in [7, 11) is 0. The Morgan fingerprint density at radius 2 is 1.95 bits per heavy atom. The number of carbonyl (C=O) groups excluding carboxylic acids is 1. The molecule has 6 nitrogen and oxygen atoms in total. The van der Waals surface area contributed by atoms with E-state index in [9.17, 15) is 14.7 Å². The first-order chi connectivity index (χ1) is 9.87. The van der Waals surface area contributed by atoms with Gasteiger partial charge < -0.3 is 14.9 Å². The number of amides is 2. The van der Waals surface area contributed by atoms with E-state index in [2.05, 4.69) is 18.7 Å². The second-order valence-corrected chi connectivity index (χ2v) is 6.60. The van der Waals surface area contributed by atoms with Crippen molar-refractivity contribution in [1.82, 2.24) is 14.7 Å². The number of carboxylic acid groups (broad SMARTS) is 1. The number of nitrogens with zero attached hydrogens (tertiary/aromatic N) is 3. The average molecular weight is 297 g/mol. The number of urea groups is 1. The van der Waals surface area contributed by atoms with Crippen LogP contribution in [-0.2, 0) is 4.79 Å². The molecule has 0 bridgehead atoms. The van der Waals surface area contributed by atoms with Gasteiger partial charge in [-0.3, -0.25) is 9.69 Å². The minimum Gasteiger partial charge on any atom is -0.481 e. The van der Waals surface area contributed by atoms with Gasteiger partial charge in [0.1, 0.15) is 0 Å². The lowest BCUT2D eigenvalue weighted by Crippen LogP contribution is -2.58. The minimum atomic E-state index is -0.802. The van der Waals surface area contributed by atoms with Crippen molar-refractivity contribution in [3.05, 3.63) is 0 Å². The molecule has 0 aromatic carbocycles. The highest BCUT2D eigenvalue weighted by atomic mass is 16.4. The summed E-state index contributed by atoms with van der Waals surface area (Å²) in [5.74, 6) is -0.802. The number of aliphatic carboxylic acids is 1. The lowest BCUT2D eigenvalue weighted by molar-refractivity contribution is -0.150. The highest BCUT2D eigenvalue weighted by Gasteiger charge is 2.40. The molecule has 120 valence electrons. The molecule has 2 unspecified atom stereocenters. The van der Waals surface area contributed by atoms with Crippen molar-refractivity contribution in [3.8, 4) is 0 Å². The lowest BCUT2D eigenvalue weighted by atomic mass is 9.82. The highest BCUT2D eigenvalue weighted by molar-refractivity contribution is 5.78. The molecule has 0 spiro atoms. The molecule has 2 aliphatic heterocycles. The fraction of sp³-hybridized carbons (Fsp3) is 0.867. The molecule has 2 atom stereocenters. The smallest absolute Gasteiger partial charge is 0.320 e. The van der Waals surface area contributed by atoms with Gasteiger partial charge in [-0.1, -0.05) is 6.92 Å². The van der Waals surface area contributed by atoms with Gasteiger partial charge in [0.15, 0.2) is 0 Å². The SMILES string of the molecule is CCN1CCN(C(=O)N2CCCC(C)(C(=O)O)C2)CC1C. The van der Waals surface area contributed by atoms with E-state index in [0.29, 0.717) is 25.6 Å². The molecule has 0 aromatic rings. The Kier molecular flexibility index (Phi) is 4.76. The first-order valence-electron chi connectivity index (χ1n) is 7.88. The Balaban J connectivity index is 1.99. The number of piperidine rings is 1. The molecule has 0 aromatic heterocycles. The van der Waals surface area contributed by atoms with Gasteiger partial charge in [-0.05, 0) is 33.2 Å². The molecule has 2 aliphatic rings. The molecule has 2 fully saturated rings. The molecule has 2 heterocycles. The predicted molar refractivity (Wildman–Crippen MR) is 80.2 cm³/mol. The van der Waals surface area contributed by atoms with Gasteiger partial charge in [0, 0.05) is 38.8 Å². The molecule has 6 heteroatoms. The molecule has 21 heavy (non-hydrogen) atoms. The van der Waals surface area contributed by atoms with Crippen molar-refractivity contribution in [2.45, 2.75) is 39.7 Å². The number of hydrogen-bond donors (Lipinski definition) is 1. The van der Waals surface area contributed by atoms with Crippen LogP contribution in [-0.4, -0.2) is 77.1 Å². The predicted octanol–water partition coefficient (Wildman–Crippen LogP) is 1.32. The van der Waals surface area contributed by atoms with Crippen LogP contribution in [0.3, 0.4) is 0 Å². The first kappa shape index (κ1) is 16.1. The molecule has 0 saturated carbocycles. The molecule has 0 aliphatic carbocycles. The second-order valence-electron chi connectivity index (χ2n) is 6.60.